The second-order valence-corrected chi connectivity index (χ2v) is 5.66. The Bertz CT molecular complexity index is 513. The van der Waals surface area contributed by atoms with Crippen molar-refractivity contribution in [2.45, 2.75) is 37.8 Å². The van der Waals surface area contributed by atoms with Gasteiger partial charge in [0.15, 0.2) is 6.61 Å². The molecule has 1 fully saturated rings. The van der Waals surface area contributed by atoms with Gasteiger partial charge in [-0.1, -0.05) is 24.4 Å². The molecule has 0 heterocycles. The Morgan fingerprint density at radius 1 is 1.33 bits per heavy atom. The van der Waals surface area contributed by atoms with Crippen LogP contribution in [-0.4, -0.2) is 34.8 Å². The third kappa shape index (κ3) is 4.68. The largest absolute Gasteiger partial charge is 0.483 e. The van der Waals surface area contributed by atoms with E-state index >= 15 is 0 Å². The van der Waals surface area contributed by atoms with Crippen molar-refractivity contribution < 1.29 is 14.6 Å². The normalized spacial score (nSPS) is 21.6. The van der Waals surface area contributed by atoms with E-state index in [1.54, 1.807) is 18.2 Å². The summed E-state index contributed by atoms with van der Waals surface area (Å²) in [5.74, 6) is 0.341. The van der Waals surface area contributed by atoms with Crippen LogP contribution in [0.1, 0.15) is 31.2 Å². The molecule has 0 aliphatic heterocycles. The number of aliphatic hydroxyl groups is 1. The summed E-state index contributed by atoms with van der Waals surface area (Å²) >= 11 is 4.94. The van der Waals surface area contributed by atoms with Gasteiger partial charge in [0, 0.05) is 6.04 Å². The summed E-state index contributed by atoms with van der Waals surface area (Å²) in [4.78, 5) is 12.1. The Balaban J connectivity index is 1.83. The first-order valence-corrected chi connectivity index (χ1v) is 7.46. The van der Waals surface area contributed by atoms with Crippen molar-refractivity contribution in [2.24, 2.45) is 5.73 Å². The Morgan fingerprint density at radius 2 is 2.00 bits per heavy atom. The maximum Gasteiger partial charge on any atom is 0.258 e. The van der Waals surface area contributed by atoms with Gasteiger partial charge in [0.25, 0.3) is 5.91 Å². The molecule has 0 saturated heterocycles. The van der Waals surface area contributed by atoms with E-state index in [2.05, 4.69) is 5.32 Å². The van der Waals surface area contributed by atoms with Crippen LogP contribution in [0.3, 0.4) is 0 Å². The van der Waals surface area contributed by atoms with E-state index in [-0.39, 0.29) is 29.6 Å². The lowest BCUT2D eigenvalue weighted by atomic mass is 9.93. The van der Waals surface area contributed by atoms with Crippen molar-refractivity contribution in [3.05, 3.63) is 29.8 Å². The summed E-state index contributed by atoms with van der Waals surface area (Å²) in [6.45, 7) is -0.0708. The SMILES string of the molecule is NC(=S)c1ccccc1OCC(=O)NC1CCC(O)CC1. The molecular formula is C15H20N2O3S. The summed E-state index contributed by atoms with van der Waals surface area (Å²) < 4.78 is 5.49. The monoisotopic (exact) mass is 308 g/mol. The molecule has 0 aromatic heterocycles. The first-order valence-electron chi connectivity index (χ1n) is 7.05. The van der Waals surface area contributed by atoms with Crippen molar-refractivity contribution in [1.29, 1.82) is 0 Å². The van der Waals surface area contributed by atoms with Gasteiger partial charge in [-0.3, -0.25) is 4.79 Å². The number of aliphatic hydroxyl groups excluding tert-OH is 1. The molecule has 1 aromatic rings. The van der Waals surface area contributed by atoms with Gasteiger partial charge in [0.05, 0.1) is 11.7 Å². The van der Waals surface area contributed by atoms with E-state index in [1.807, 2.05) is 6.07 Å². The molecule has 21 heavy (non-hydrogen) atoms. The number of rotatable bonds is 5. The van der Waals surface area contributed by atoms with Gasteiger partial charge < -0.3 is 20.9 Å². The van der Waals surface area contributed by atoms with Crippen LogP contribution in [0.25, 0.3) is 0 Å². The van der Waals surface area contributed by atoms with Crippen LogP contribution in [0, 0.1) is 0 Å². The summed E-state index contributed by atoms with van der Waals surface area (Å²) in [6.07, 6.45) is 2.84. The number of ether oxygens (including phenoxy) is 1. The van der Waals surface area contributed by atoms with Crippen LogP contribution in [0.2, 0.25) is 0 Å². The first kappa shape index (κ1) is 15.7. The zero-order valence-electron chi connectivity index (χ0n) is 11.7. The van der Waals surface area contributed by atoms with E-state index in [4.69, 9.17) is 22.7 Å². The molecule has 1 aliphatic carbocycles. The maximum atomic E-state index is 11.9. The molecule has 5 nitrogen and oxygen atoms in total. The maximum absolute atomic E-state index is 11.9. The van der Waals surface area contributed by atoms with E-state index < -0.39 is 0 Å². The minimum atomic E-state index is -0.230. The molecule has 0 spiro atoms. The molecular weight excluding hydrogens is 288 g/mol. The molecule has 1 aromatic carbocycles. The Labute approximate surface area is 129 Å². The quantitative estimate of drug-likeness (QED) is 0.710. The molecule has 1 saturated carbocycles. The van der Waals surface area contributed by atoms with Gasteiger partial charge >= 0.3 is 0 Å². The Kier molecular flexibility index (Phi) is 5.52. The zero-order chi connectivity index (χ0) is 15.2. The molecule has 1 aliphatic rings. The second-order valence-electron chi connectivity index (χ2n) is 5.22. The first-order chi connectivity index (χ1) is 10.1. The van der Waals surface area contributed by atoms with Crippen molar-refractivity contribution in [2.75, 3.05) is 6.61 Å². The highest BCUT2D eigenvalue weighted by molar-refractivity contribution is 7.80. The van der Waals surface area contributed by atoms with Crippen LogP contribution in [-0.2, 0) is 4.79 Å². The summed E-state index contributed by atoms with van der Waals surface area (Å²) in [5.41, 5.74) is 6.24. The molecule has 4 N–H and O–H groups in total. The lowest BCUT2D eigenvalue weighted by Gasteiger charge is -2.26. The van der Waals surface area contributed by atoms with Crippen LogP contribution in [0.5, 0.6) is 5.75 Å². The summed E-state index contributed by atoms with van der Waals surface area (Å²) in [6, 6.07) is 7.23. The molecule has 0 bridgehead atoms. The summed E-state index contributed by atoms with van der Waals surface area (Å²) in [7, 11) is 0. The van der Waals surface area contributed by atoms with Crippen LogP contribution in [0.15, 0.2) is 24.3 Å². The number of hydrogen-bond donors (Lipinski definition) is 3. The van der Waals surface area contributed by atoms with Gasteiger partial charge in [-0.25, -0.2) is 0 Å². The number of benzene rings is 1. The highest BCUT2D eigenvalue weighted by Gasteiger charge is 2.21. The lowest BCUT2D eigenvalue weighted by Crippen LogP contribution is -2.40. The summed E-state index contributed by atoms with van der Waals surface area (Å²) in [5, 5.41) is 12.4. The van der Waals surface area contributed by atoms with Gasteiger partial charge in [0.1, 0.15) is 10.7 Å². The fourth-order valence-electron chi connectivity index (χ4n) is 2.43. The van der Waals surface area contributed by atoms with Gasteiger partial charge in [-0.05, 0) is 37.8 Å². The van der Waals surface area contributed by atoms with Crippen molar-refractivity contribution >= 4 is 23.1 Å². The molecule has 1 amide bonds. The minimum Gasteiger partial charge on any atom is -0.483 e. The number of carbonyl (C=O) groups excluding carboxylic acids is 1. The van der Waals surface area contributed by atoms with Gasteiger partial charge in [-0.15, -0.1) is 0 Å². The topological polar surface area (TPSA) is 84.6 Å². The Morgan fingerprint density at radius 3 is 2.67 bits per heavy atom. The van der Waals surface area contributed by atoms with Crippen LogP contribution < -0.4 is 15.8 Å². The zero-order valence-corrected chi connectivity index (χ0v) is 12.6. The smallest absolute Gasteiger partial charge is 0.258 e. The molecule has 114 valence electrons. The number of hydrogen-bond acceptors (Lipinski definition) is 4. The van der Waals surface area contributed by atoms with Gasteiger partial charge in [0.2, 0.25) is 0 Å². The molecule has 0 radical (unpaired) electrons. The highest BCUT2D eigenvalue weighted by Crippen LogP contribution is 2.19. The second kappa shape index (κ2) is 7.38. The number of amides is 1. The number of nitrogens with one attached hydrogen (secondary N) is 1. The van der Waals surface area contributed by atoms with Crippen LogP contribution in [0.4, 0.5) is 0 Å². The molecule has 0 atom stereocenters. The third-order valence-electron chi connectivity index (χ3n) is 3.57. The van der Waals surface area contributed by atoms with E-state index in [9.17, 15) is 9.90 Å². The number of para-hydroxylation sites is 1. The fraction of sp³-hybridized carbons (Fsp3) is 0.467. The predicted octanol–water partition coefficient (Wildman–Crippen LogP) is 1.12. The van der Waals surface area contributed by atoms with E-state index in [0.717, 1.165) is 25.7 Å². The minimum absolute atomic E-state index is 0.0708. The van der Waals surface area contributed by atoms with E-state index in [0.29, 0.717) is 11.3 Å². The van der Waals surface area contributed by atoms with Crippen LogP contribution >= 0.6 is 12.2 Å². The molecule has 6 heteroatoms. The van der Waals surface area contributed by atoms with Crippen molar-refractivity contribution in [1.82, 2.24) is 5.32 Å². The average Bonchev–Trinajstić information content (AvgIpc) is 2.48. The number of thiocarbonyl (C=S) groups is 1. The van der Waals surface area contributed by atoms with Crippen molar-refractivity contribution in [3.8, 4) is 5.75 Å². The van der Waals surface area contributed by atoms with E-state index in [1.165, 1.54) is 0 Å². The Hall–Kier alpha value is -1.66. The highest BCUT2D eigenvalue weighted by atomic mass is 32.1. The van der Waals surface area contributed by atoms with Crippen molar-refractivity contribution in [3.63, 3.8) is 0 Å². The fourth-order valence-corrected chi connectivity index (χ4v) is 2.60. The van der Waals surface area contributed by atoms with Gasteiger partial charge in [-0.2, -0.15) is 0 Å². The molecule has 0 unspecified atom stereocenters. The third-order valence-corrected chi connectivity index (χ3v) is 3.79. The number of carbonyl (C=O) groups is 1. The standard InChI is InChI=1S/C15H20N2O3S/c16-15(21)12-3-1-2-4-13(12)20-9-14(19)17-10-5-7-11(18)8-6-10/h1-4,10-11,18H,5-9H2,(H2,16,21)(H,17,19). The lowest BCUT2D eigenvalue weighted by molar-refractivity contribution is -0.124. The average molecular weight is 308 g/mol. The molecule has 2 rings (SSSR count). The number of nitrogens with two attached hydrogens (primary N) is 1. The predicted molar refractivity (Wildman–Crippen MR) is 84.2 cm³/mol.